The first-order valence-electron chi connectivity index (χ1n) is 10.8. The fourth-order valence-electron chi connectivity index (χ4n) is 4.77. The zero-order chi connectivity index (χ0) is 22.3. The van der Waals surface area contributed by atoms with Crippen molar-refractivity contribution in [3.05, 3.63) is 64.6 Å². The van der Waals surface area contributed by atoms with Crippen molar-refractivity contribution in [2.24, 2.45) is 0 Å². The molecule has 2 unspecified atom stereocenters. The van der Waals surface area contributed by atoms with Crippen LogP contribution in [0, 0.1) is 0 Å². The molecule has 8 heteroatoms. The molecule has 0 bridgehead atoms. The molecule has 32 heavy (non-hydrogen) atoms. The van der Waals surface area contributed by atoms with E-state index in [1.165, 1.54) is 17.0 Å². The molecule has 0 saturated heterocycles. The Bertz CT molecular complexity index is 1220. The van der Waals surface area contributed by atoms with E-state index in [1.54, 1.807) is 25.8 Å². The molecule has 1 N–H and O–H groups in total. The summed E-state index contributed by atoms with van der Waals surface area (Å²) >= 11 is 1.46. The minimum Gasteiger partial charge on any atom is -0.383 e. The minimum absolute atomic E-state index is 0.269. The van der Waals surface area contributed by atoms with Crippen LogP contribution in [0.15, 0.2) is 48.4 Å². The number of likely N-dealkylation sites (N-methyl/N-ethyl adjacent to an activating group) is 1. The minimum atomic E-state index is -1.16. The second-order valence-corrected chi connectivity index (χ2v) is 9.32. The van der Waals surface area contributed by atoms with Crippen molar-refractivity contribution in [1.82, 2.24) is 24.4 Å². The quantitative estimate of drug-likeness (QED) is 0.462. The summed E-state index contributed by atoms with van der Waals surface area (Å²) in [6.45, 7) is 4.30. The maximum Gasteiger partial charge on any atom is 0.138 e. The van der Waals surface area contributed by atoms with Crippen LogP contribution in [-0.2, 0) is 16.9 Å². The van der Waals surface area contributed by atoms with Gasteiger partial charge in [0.05, 0.1) is 18.3 Å². The molecule has 0 aliphatic carbocycles. The molecule has 2 atom stereocenters. The molecule has 166 valence electrons. The topological polar surface area (TPSA) is 76.3 Å². The van der Waals surface area contributed by atoms with Crippen LogP contribution in [-0.4, -0.2) is 56.8 Å². The van der Waals surface area contributed by atoms with Gasteiger partial charge in [0.2, 0.25) is 0 Å². The van der Waals surface area contributed by atoms with Crippen molar-refractivity contribution in [3.8, 4) is 11.3 Å². The Balaban J connectivity index is 1.70. The molecule has 1 aromatic carbocycles. The van der Waals surface area contributed by atoms with E-state index in [2.05, 4.69) is 43.6 Å². The Morgan fingerprint density at radius 2 is 2.16 bits per heavy atom. The highest BCUT2D eigenvalue weighted by Crippen LogP contribution is 2.45. The van der Waals surface area contributed by atoms with Gasteiger partial charge in [-0.2, -0.15) is 0 Å². The number of nitrogens with zero attached hydrogens (tertiary/aromatic N) is 5. The molecule has 0 spiro atoms. The van der Waals surface area contributed by atoms with Crippen molar-refractivity contribution < 1.29 is 9.84 Å². The van der Waals surface area contributed by atoms with Crippen LogP contribution in [0.2, 0.25) is 0 Å². The van der Waals surface area contributed by atoms with Crippen LogP contribution in [0.25, 0.3) is 22.2 Å². The SMILES string of the molecule is COCCN(C)C1CCn2c1c(-c1ccncn1)c1cc(C(C)(O)c3nccs3)ccc12. The lowest BCUT2D eigenvalue weighted by Crippen LogP contribution is -2.27. The summed E-state index contributed by atoms with van der Waals surface area (Å²) in [5.41, 5.74) is 4.11. The molecule has 1 aliphatic rings. The van der Waals surface area contributed by atoms with Crippen LogP contribution >= 0.6 is 11.3 Å². The molecule has 5 rings (SSSR count). The van der Waals surface area contributed by atoms with Gasteiger partial charge in [-0.05, 0) is 44.2 Å². The Morgan fingerprint density at radius 3 is 2.88 bits per heavy atom. The van der Waals surface area contributed by atoms with Crippen LogP contribution in [0.4, 0.5) is 0 Å². The molecule has 0 radical (unpaired) electrons. The average Bonchev–Trinajstić information content (AvgIpc) is 3.54. The second-order valence-electron chi connectivity index (χ2n) is 8.43. The monoisotopic (exact) mass is 449 g/mol. The highest BCUT2D eigenvalue weighted by atomic mass is 32.1. The summed E-state index contributed by atoms with van der Waals surface area (Å²) in [6.07, 6.45) is 6.15. The largest absolute Gasteiger partial charge is 0.383 e. The van der Waals surface area contributed by atoms with E-state index in [1.807, 2.05) is 24.4 Å². The number of benzene rings is 1. The molecule has 0 saturated carbocycles. The van der Waals surface area contributed by atoms with Crippen molar-refractivity contribution in [2.75, 3.05) is 27.3 Å². The summed E-state index contributed by atoms with van der Waals surface area (Å²) in [5, 5.41) is 15.0. The normalized spacial score (nSPS) is 17.7. The number of rotatable bonds is 7. The number of hydrogen-bond acceptors (Lipinski definition) is 7. The van der Waals surface area contributed by atoms with Gasteiger partial charge in [-0.1, -0.05) is 6.07 Å². The summed E-state index contributed by atoms with van der Waals surface area (Å²) in [5.74, 6) is 0. The highest BCUT2D eigenvalue weighted by molar-refractivity contribution is 7.09. The van der Waals surface area contributed by atoms with Gasteiger partial charge in [0.15, 0.2) is 0 Å². The number of fused-ring (bicyclic) bond motifs is 3. The van der Waals surface area contributed by atoms with Crippen LogP contribution in [0.3, 0.4) is 0 Å². The third-order valence-electron chi connectivity index (χ3n) is 6.47. The summed E-state index contributed by atoms with van der Waals surface area (Å²) in [6, 6.07) is 8.48. The fraction of sp³-hybridized carbons (Fsp3) is 0.375. The first-order valence-corrected chi connectivity index (χ1v) is 11.6. The zero-order valence-electron chi connectivity index (χ0n) is 18.5. The molecule has 0 amide bonds. The second kappa shape index (κ2) is 8.37. The maximum atomic E-state index is 11.3. The van der Waals surface area contributed by atoms with Crippen molar-refractivity contribution in [1.29, 1.82) is 0 Å². The third-order valence-corrected chi connectivity index (χ3v) is 7.46. The van der Waals surface area contributed by atoms with Gasteiger partial charge < -0.3 is 14.4 Å². The Kier molecular flexibility index (Phi) is 5.54. The van der Waals surface area contributed by atoms with Crippen molar-refractivity contribution >= 4 is 22.2 Å². The number of aryl methyl sites for hydroxylation is 1. The van der Waals surface area contributed by atoms with Crippen LogP contribution < -0.4 is 0 Å². The first-order chi connectivity index (χ1) is 15.5. The predicted molar refractivity (Wildman–Crippen MR) is 126 cm³/mol. The molecule has 4 heterocycles. The van der Waals surface area contributed by atoms with E-state index in [0.717, 1.165) is 47.2 Å². The Labute approximate surface area is 191 Å². The lowest BCUT2D eigenvalue weighted by Gasteiger charge is -2.24. The number of aliphatic hydroxyl groups is 1. The Hall–Kier alpha value is -2.65. The molecule has 0 fully saturated rings. The van der Waals surface area contributed by atoms with Gasteiger partial charge in [-0.15, -0.1) is 11.3 Å². The average molecular weight is 450 g/mol. The molecular formula is C24H27N5O2S. The molecule has 7 nitrogen and oxygen atoms in total. The van der Waals surface area contributed by atoms with Gasteiger partial charge in [0.25, 0.3) is 0 Å². The predicted octanol–water partition coefficient (Wildman–Crippen LogP) is 3.83. The van der Waals surface area contributed by atoms with E-state index in [9.17, 15) is 5.11 Å². The number of ether oxygens (including phenoxy) is 1. The number of methoxy groups -OCH3 is 1. The molecule has 1 aliphatic heterocycles. The van der Waals surface area contributed by atoms with Gasteiger partial charge in [-0.3, -0.25) is 4.90 Å². The van der Waals surface area contributed by atoms with Crippen molar-refractivity contribution in [3.63, 3.8) is 0 Å². The lowest BCUT2D eigenvalue weighted by molar-refractivity contribution is 0.102. The Morgan fingerprint density at radius 1 is 1.28 bits per heavy atom. The molecular weight excluding hydrogens is 422 g/mol. The van der Waals surface area contributed by atoms with Gasteiger partial charge in [0.1, 0.15) is 16.9 Å². The molecule has 3 aromatic heterocycles. The number of aromatic nitrogens is 4. The maximum absolute atomic E-state index is 11.3. The standard InChI is InChI=1S/C24H27N5O2S/c1-24(30,23-26-9-13-32-23)16-4-5-19-17(14-16)21(18-6-8-25-15-27-18)22-20(7-10-29(19)22)28(2)11-12-31-3/h4-6,8-9,13-15,20,30H,7,10-12H2,1-3H3. The van der Waals surface area contributed by atoms with E-state index in [4.69, 9.17) is 4.74 Å². The van der Waals surface area contributed by atoms with E-state index >= 15 is 0 Å². The van der Waals surface area contributed by atoms with Crippen LogP contribution in [0.1, 0.15) is 35.7 Å². The fourth-order valence-corrected chi connectivity index (χ4v) is 5.49. The van der Waals surface area contributed by atoms with Crippen LogP contribution in [0.5, 0.6) is 0 Å². The summed E-state index contributed by atoms with van der Waals surface area (Å²) < 4.78 is 7.73. The van der Waals surface area contributed by atoms with E-state index in [0.29, 0.717) is 11.6 Å². The highest BCUT2D eigenvalue weighted by Gasteiger charge is 2.35. The molecule has 4 aromatic rings. The van der Waals surface area contributed by atoms with E-state index in [-0.39, 0.29) is 6.04 Å². The van der Waals surface area contributed by atoms with Crippen molar-refractivity contribution in [2.45, 2.75) is 31.5 Å². The van der Waals surface area contributed by atoms with E-state index < -0.39 is 5.60 Å². The van der Waals surface area contributed by atoms with Gasteiger partial charge in [0, 0.05) is 60.1 Å². The van der Waals surface area contributed by atoms with Gasteiger partial charge in [-0.25, -0.2) is 15.0 Å². The third kappa shape index (κ3) is 3.44. The summed E-state index contributed by atoms with van der Waals surface area (Å²) in [7, 11) is 3.89. The number of thiazole rings is 1. The smallest absolute Gasteiger partial charge is 0.138 e. The zero-order valence-corrected chi connectivity index (χ0v) is 19.3. The first kappa shape index (κ1) is 21.2. The number of hydrogen-bond donors (Lipinski definition) is 1. The van der Waals surface area contributed by atoms with Gasteiger partial charge >= 0.3 is 0 Å². The summed E-state index contributed by atoms with van der Waals surface area (Å²) in [4.78, 5) is 15.5. The lowest BCUT2D eigenvalue weighted by atomic mass is 9.93.